The lowest BCUT2D eigenvalue weighted by Crippen LogP contribution is -2.11. The minimum atomic E-state index is -0.415. The molecular weight excluding hydrogens is 266 g/mol. The van der Waals surface area contributed by atoms with E-state index in [0.717, 1.165) is 5.69 Å². The van der Waals surface area contributed by atoms with Crippen molar-refractivity contribution in [1.29, 1.82) is 0 Å². The average Bonchev–Trinajstić information content (AvgIpc) is 2.88. The van der Waals surface area contributed by atoms with Crippen LogP contribution in [-0.2, 0) is 4.74 Å². The van der Waals surface area contributed by atoms with Crippen molar-refractivity contribution in [2.45, 2.75) is 19.2 Å². The second kappa shape index (κ2) is 5.84. The lowest BCUT2D eigenvalue weighted by molar-refractivity contribution is 0.0525. The first-order valence-electron chi connectivity index (χ1n) is 5.95. The Balaban J connectivity index is 2.41. The maximum atomic E-state index is 11.9. The van der Waals surface area contributed by atoms with Crippen LogP contribution in [0.2, 0.25) is 0 Å². The summed E-state index contributed by atoms with van der Waals surface area (Å²) < 4.78 is 6.53. The van der Waals surface area contributed by atoms with Crippen molar-refractivity contribution in [3.8, 4) is 5.82 Å². The summed E-state index contributed by atoms with van der Waals surface area (Å²) in [7, 11) is 0. The fraction of sp³-hybridized carbons (Fsp3) is 0.308. The van der Waals surface area contributed by atoms with Gasteiger partial charge in [-0.2, -0.15) is 5.10 Å². The average molecular weight is 280 g/mol. The zero-order chi connectivity index (χ0) is 13.8. The first-order valence-corrected chi connectivity index (χ1v) is 6.39. The van der Waals surface area contributed by atoms with Gasteiger partial charge in [-0.15, -0.1) is 11.6 Å². The van der Waals surface area contributed by atoms with Crippen molar-refractivity contribution in [3.63, 3.8) is 0 Å². The summed E-state index contributed by atoms with van der Waals surface area (Å²) in [5.41, 5.74) is 1.10. The molecule has 0 aliphatic carbocycles. The van der Waals surface area contributed by atoms with E-state index in [1.165, 1.54) is 4.68 Å². The second-order valence-electron chi connectivity index (χ2n) is 3.90. The van der Waals surface area contributed by atoms with Crippen LogP contribution in [0.3, 0.4) is 0 Å². The summed E-state index contributed by atoms with van der Waals surface area (Å²) in [5.74, 6) is 0.0195. The molecule has 0 aromatic carbocycles. The Labute approximate surface area is 116 Å². The Morgan fingerprint density at radius 1 is 1.53 bits per heavy atom. The van der Waals surface area contributed by atoms with Crippen LogP contribution in [0.1, 0.15) is 35.3 Å². The van der Waals surface area contributed by atoms with Crippen molar-refractivity contribution in [2.24, 2.45) is 0 Å². The zero-order valence-electron chi connectivity index (χ0n) is 10.7. The van der Waals surface area contributed by atoms with Gasteiger partial charge in [0.1, 0.15) is 5.56 Å². The highest BCUT2D eigenvalue weighted by atomic mass is 35.5. The highest BCUT2D eigenvalue weighted by Crippen LogP contribution is 2.19. The minimum Gasteiger partial charge on any atom is -0.462 e. The van der Waals surface area contributed by atoms with Gasteiger partial charge in [0.2, 0.25) is 0 Å². The van der Waals surface area contributed by atoms with Gasteiger partial charge in [0.05, 0.1) is 17.7 Å². The second-order valence-corrected chi connectivity index (χ2v) is 4.55. The fourth-order valence-corrected chi connectivity index (χ4v) is 1.73. The maximum Gasteiger partial charge on any atom is 0.341 e. The Morgan fingerprint density at radius 3 is 2.95 bits per heavy atom. The number of esters is 1. The van der Waals surface area contributed by atoms with E-state index in [1.54, 1.807) is 37.5 Å². The number of hydrogen-bond acceptors (Lipinski definition) is 4. The first kappa shape index (κ1) is 13.5. The number of carbonyl (C=O) groups is 1. The molecule has 2 heterocycles. The van der Waals surface area contributed by atoms with Crippen molar-refractivity contribution in [3.05, 3.63) is 41.9 Å². The first-order chi connectivity index (χ1) is 9.13. The van der Waals surface area contributed by atoms with Gasteiger partial charge >= 0.3 is 5.97 Å². The van der Waals surface area contributed by atoms with E-state index in [2.05, 4.69) is 10.1 Å². The van der Waals surface area contributed by atoms with Gasteiger partial charge in [0.15, 0.2) is 5.82 Å². The van der Waals surface area contributed by atoms with E-state index in [-0.39, 0.29) is 5.38 Å². The summed E-state index contributed by atoms with van der Waals surface area (Å²) in [5, 5.41) is 4.10. The van der Waals surface area contributed by atoms with E-state index in [1.807, 2.05) is 6.92 Å². The van der Waals surface area contributed by atoms with Crippen LogP contribution in [0, 0.1) is 0 Å². The summed E-state index contributed by atoms with van der Waals surface area (Å²) in [4.78, 5) is 16.0. The van der Waals surface area contributed by atoms with Crippen LogP contribution in [0.5, 0.6) is 0 Å². The molecule has 0 radical (unpaired) electrons. The summed E-state index contributed by atoms with van der Waals surface area (Å²) in [6.45, 7) is 3.91. The van der Waals surface area contributed by atoms with Gasteiger partial charge in [0.25, 0.3) is 0 Å². The van der Waals surface area contributed by atoms with Crippen LogP contribution in [0.4, 0.5) is 0 Å². The minimum absolute atomic E-state index is 0.198. The molecular formula is C13H14ClN3O2. The number of halogens is 1. The van der Waals surface area contributed by atoms with Gasteiger partial charge in [-0.1, -0.05) is 0 Å². The number of ether oxygens (including phenoxy) is 1. The molecule has 2 aromatic rings. The molecule has 2 aromatic heterocycles. The standard InChI is InChI=1S/C13H14ClN3O2/c1-3-19-13(18)10-5-4-7-15-12(10)17-8-6-11(16-17)9(2)14/h4-9H,3H2,1-2H3/t9-/m0/s1. The van der Waals surface area contributed by atoms with Crippen molar-refractivity contribution < 1.29 is 9.53 Å². The third-order valence-corrected chi connectivity index (χ3v) is 2.74. The van der Waals surface area contributed by atoms with E-state index < -0.39 is 5.97 Å². The number of nitrogens with zero attached hydrogens (tertiary/aromatic N) is 3. The molecule has 19 heavy (non-hydrogen) atoms. The Bertz CT molecular complexity index is 581. The molecule has 0 saturated carbocycles. The smallest absolute Gasteiger partial charge is 0.341 e. The Kier molecular flexibility index (Phi) is 4.16. The zero-order valence-corrected chi connectivity index (χ0v) is 11.5. The highest BCUT2D eigenvalue weighted by molar-refractivity contribution is 6.20. The molecule has 0 N–H and O–H groups in total. The number of alkyl halides is 1. The molecule has 1 atom stereocenters. The number of hydrogen-bond donors (Lipinski definition) is 0. The van der Waals surface area contributed by atoms with Crippen molar-refractivity contribution in [1.82, 2.24) is 14.8 Å². The van der Waals surface area contributed by atoms with Gasteiger partial charge < -0.3 is 4.74 Å². The molecule has 0 saturated heterocycles. The van der Waals surface area contributed by atoms with Crippen LogP contribution in [0.25, 0.3) is 5.82 Å². The maximum absolute atomic E-state index is 11.9. The molecule has 0 spiro atoms. The molecule has 6 heteroatoms. The molecule has 0 unspecified atom stereocenters. The van der Waals surface area contributed by atoms with Crippen LogP contribution < -0.4 is 0 Å². The molecule has 0 bridgehead atoms. The van der Waals surface area contributed by atoms with Crippen LogP contribution in [-0.4, -0.2) is 27.3 Å². The third-order valence-electron chi connectivity index (χ3n) is 2.52. The third kappa shape index (κ3) is 2.93. The molecule has 100 valence electrons. The van der Waals surface area contributed by atoms with Crippen molar-refractivity contribution >= 4 is 17.6 Å². The van der Waals surface area contributed by atoms with E-state index in [9.17, 15) is 4.79 Å². The monoisotopic (exact) mass is 279 g/mol. The molecule has 0 aliphatic heterocycles. The highest BCUT2D eigenvalue weighted by Gasteiger charge is 2.16. The normalized spacial score (nSPS) is 12.2. The van der Waals surface area contributed by atoms with E-state index in [0.29, 0.717) is 18.0 Å². The molecule has 0 fully saturated rings. The van der Waals surface area contributed by atoms with Crippen LogP contribution >= 0.6 is 11.6 Å². The summed E-state index contributed by atoms with van der Waals surface area (Å²) in [6.07, 6.45) is 3.32. The molecule has 0 amide bonds. The molecule has 2 rings (SSSR count). The lowest BCUT2D eigenvalue weighted by atomic mass is 10.2. The Morgan fingerprint density at radius 2 is 2.32 bits per heavy atom. The number of aromatic nitrogens is 3. The summed E-state index contributed by atoms with van der Waals surface area (Å²) in [6, 6.07) is 5.14. The SMILES string of the molecule is CCOC(=O)c1cccnc1-n1ccc([C@H](C)Cl)n1. The quantitative estimate of drug-likeness (QED) is 0.638. The van der Waals surface area contributed by atoms with Gasteiger partial charge in [-0.05, 0) is 32.0 Å². The fourth-order valence-electron chi connectivity index (χ4n) is 1.62. The summed E-state index contributed by atoms with van der Waals surface area (Å²) >= 11 is 5.97. The predicted molar refractivity (Wildman–Crippen MR) is 71.6 cm³/mol. The molecule has 0 aliphatic rings. The van der Waals surface area contributed by atoms with E-state index in [4.69, 9.17) is 16.3 Å². The number of pyridine rings is 1. The number of rotatable bonds is 4. The lowest BCUT2D eigenvalue weighted by Gasteiger charge is -2.07. The predicted octanol–water partition coefficient (Wildman–Crippen LogP) is 2.74. The van der Waals surface area contributed by atoms with Crippen molar-refractivity contribution in [2.75, 3.05) is 6.61 Å². The topological polar surface area (TPSA) is 57.0 Å². The van der Waals surface area contributed by atoms with Crippen LogP contribution in [0.15, 0.2) is 30.6 Å². The van der Waals surface area contributed by atoms with Gasteiger partial charge in [0, 0.05) is 12.4 Å². The largest absolute Gasteiger partial charge is 0.462 e. The number of carbonyl (C=O) groups excluding carboxylic acids is 1. The van der Waals surface area contributed by atoms with Gasteiger partial charge in [-0.25, -0.2) is 14.5 Å². The van der Waals surface area contributed by atoms with E-state index >= 15 is 0 Å². The molecule has 5 nitrogen and oxygen atoms in total. The Hall–Kier alpha value is -1.88. The van der Waals surface area contributed by atoms with Gasteiger partial charge in [-0.3, -0.25) is 0 Å².